The van der Waals surface area contributed by atoms with E-state index >= 15 is 0 Å². The predicted octanol–water partition coefficient (Wildman–Crippen LogP) is 3.35. The van der Waals surface area contributed by atoms with Gasteiger partial charge in [-0.25, -0.2) is 9.97 Å². The Morgan fingerprint density at radius 1 is 1.14 bits per heavy atom. The van der Waals surface area contributed by atoms with Gasteiger partial charge < -0.3 is 10.2 Å². The zero-order valence-corrected chi connectivity index (χ0v) is 16.9. The van der Waals surface area contributed by atoms with Gasteiger partial charge in [0.15, 0.2) is 0 Å². The second-order valence-electron chi connectivity index (χ2n) is 8.84. The van der Waals surface area contributed by atoms with Gasteiger partial charge in [-0.15, -0.1) is 0 Å². The third-order valence-electron chi connectivity index (χ3n) is 6.02. The zero-order chi connectivity index (χ0) is 19.6. The van der Waals surface area contributed by atoms with Crippen molar-refractivity contribution < 1.29 is 4.79 Å². The maximum absolute atomic E-state index is 13.0. The first-order chi connectivity index (χ1) is 13.5. The maximum Gasteiger partial charge on any atom is 0.270 e. The van der Waals surface area contributed by atoms with E-state index in [1.165, 1.54) is 6.42 Å². The highest BCUT2D eigenvalue weighted by Crippen LogP contribution is 2.35. The summed E-state index contributed by atoms with van der Waals surface area (Å²) in [5.41, 5.74) is 0.815. The number of anilines is 1. The molecule has 0 aromatic carbocycles. The molecular weight excluding hydrogens is 352 g/mol. The highest BCUT2D eigenvalue weighted by molar-refractivity contribution is 5.93. The molecule has 4 rings (SSSR count). The Labute approximate surface area is 166 Å². The monoisotopic (exact) mass is 382 g/mol. The molecule has 1 aliphatic heterocycles. The normalized spacial score (nSPS) is 20.1. The van der Waals surface area contributed by atoms with Gasteiger partial charge >= 0.3 is 0 Å². The lowest BCUT2D eigenvalue weighted by molar-refractivity contribution is 0.0903. The van der Waals surface area contributed by atoms with E-state index in [-0.39, 0.29) is 11.9 Å². The van der Waals surface area contributed by atoms with Crippen LogP contribution >= 0.6 is 0 Å². The Hall–Kier alpha value is -2.44. The molecule has 2 fully saturated rings. The smallest absolute Gasteiger partial charge is 0.270 e. The third kappa shape index (κ3) is 4.34. The van der Waals surface area contributed by atoms with E-state index in [0.29, 0.717) is 17.1 Å². The van der Waals surface area contributed by atoms with E-state index in [4.69, 9.17) is 4.98 Å². The Kier molecular flexibility index (Phi) is 5.33. The molecule has 0 bridgehead atoms. The zero-order valence-electron chi connectivity index (χ0n) is 16.9. The number of hydrogen-bond acceptors (Lipinski definition) is 5. The summed E-state index contributed by atoms with van der Waals surface area (Å²) < 4.78 is 1.76. The molecule has 2 aromatic rings. The summed E-state index contributed by atoms with van der Waals surface area (Å²) in [6, 6.07) is 2.07. The van der Waals surface area contributed by atoms with Crippen molar-refractivity contribution in [2.75, 3.05) is 18.0 Å². The fourth-order valence-corrected chi connectivity index (χ4v) is 4.12. The largest absolute Gasteiger partial charge is 0.356 e. The van der Waals surface area contributed by atoms with E-state index < -0.39 is 0 Å². The molecule has 1 N–H and O–H groups in total. The number of rotatable bonds is 4. The average molecular weight is 383 g/mol. The van der Waals surface area contributed by atoms with Crippen molar-refractivity contribution in [3.8, 4) is 5.95 Å². The molecule has 0 spiro atoms. The number of carbonyl (C=O) groups excluding carboxylic acids is 1. The van der Waals surface area contributed by atoms with Crippen LogP contribution in [0.5, 0.6) is 0 Å². The van der Waals surface area contributed by atoms with Crippen molar-refractivity contribution in [2.45, 2.75) is 64.8 Å². The number of carbonyl (C=O) groups is 1. The number of nitrogens with zero attached hydrogens (tertiary/aromatic N) is 5. The molecule has 7 nitrogen and oxygen atoms in total. The number of piperidine rings is 1. The molecule has 7 heteroatoms. The summed E-state index contributed by atoms with van der Waals surface area (Å²) in [5.74, 6) is 1.22. The summed E-state index contributed by atoms with van der Waals surface area (Å²) in [6.07, 6.45) is 13.1. The van der Waals surface area contributed by atoms with Crippen molar-refractivity contribution >= 4 is 11.7 Å². The van der Waals surface area contributed by atoms with E-state index in [1.54, 1.807) is 23.3 Å². The lowest BCUT2D eigenvalue weighted by Crippen LogP contribution is -2.40. The SMILES string of the molecule is CC1(C)CCC(NC(=O)c2cc(N3CCCCC3)nc(-n3ccnc3)n2)CC1. The molecule has 150 valence electrons. The fraction of sp³-hybridized carbons (Fsp3) is 0.619. The Balaban J connectivity index is 1.56. The van der Waals surface area contributed by atoms with Crippen molar-refractivity contribution in [3.05, 3.63) is 30.5 Å². The van der Waals surface area contributed by atoms with E-state index in [0.717, 1.165) is 57.4 Å². The first-order valence-electron chi connectivity index (χ1n) is 10.4. The molecule has 1 saturated heterocycles. The second-order valence-corrected chi connectivity index (χ2v) is 8.84. The van der Waals surface area contributed by atoms with E-state index in [9.17, 15) is 4.79 Å². The summed E-state index contributed by atoms with van der Waals surface area (Å²) in [4.78, 5) is 28.6. The third-order valence-corrected chi connectivity index (χ3v) is 6.02. The van der Waals surface area contributed by atoms with Crippen LogP contribution in [0.4, 0.5) is 5.82 Å². The van der Waals surface area contributed by atoms with Gasteiger partial charge in [-0.3, -0.25) is 9.36 Å². The number of nitrogens with one attached hydrogen (secondary N) is 1. The first kappa shape index (κ1) is 18.9. The quantitative estimate of drug-likeness (QED) is 0.878. The molecule has 1 aliphatic carbocycles. The maximum atomic E-state index is 13.0. The minimum Gasteiger partial charge on any atom is -0.356 e. The molecular formula is C21H30N6O. The number of hydrogen-bond donors (Lipinski definition) is 1. The molecule has 2 aromatic heterocycles. The van der Waals surface area contributed by atoms with Gasteiger partial charge in [-0.05, 0) is 50.4 Å². The van der Waals surface area contributed by atoms with Gasteiger partial charge in [0, 0.05) is 37.6 Å². The van der Waals surface area contributed by atoms with Gasteiger partial charge in [0.05, 0.1) is 0 Å². The molecule has 28 heavy (non-hydrogen) atoms. The highest BCUT2D eigenvalue weighted by Gasteiger charge is 2.28. The highest BCUT2D eigenvalue weighted by atomic mass is 16.1. The van der Waals surface area contributed by atoms with E-state index in [2.05, 4.69) is 34.0 Å². The van der Waals surface area contributed by atoms with Crippen LogP contribution in [0.2, 0.25) is 0 Å². The van der Waals surface area contributed by atoms with Crippen LogP contribution in [0.25, 0.3) is 5.95 Å². The van der Waals surface area contributed by atoms with Crippen LogP contribution in [0.15, 0.2) is 24.8 Å². The van der Waals surface area contributed by atoms with Gasteiger partial charge in [-0.1, -0.05) is 13.8 Å². The topological polar surface area (TPSA) is 75.9 Å². The minimum atomic E-state index is -0.105. The molecule has 1 saturated carbocycles. The van der Waals surface area contributed by atoms with Crippen LogP contribution in [0, 0.1) is 5.41 Å². The number of imidazole rings is 1. The Morgan fingerprint density at radius 3 is 2.57 bits per heavy atom. The summed E-state index contributed by atoms with van der Waals surface area (Å²) in [7, 11) is 0. The standard InChI is InChI=1S/C21H30N6O/c1-21(2)8-6-16(7-9-21)23-19(28)17-14-18(26-11-4-3-5-12-26)25-20(24-17)27-13-10-22-15-27/h10,13-16H,3-9,11-12H2,1-2H3,(H,23,28). The number of amides is 1. The molecule has 0 unspecified atom stereocenters. The van der Waals surface area contributed by atoms with Crippen LogP contribution in [0.3, 0.4) is 0 Å². The van der Waals surface area contributed by atoms with Crippen molar-refractivity contribution in [2.24, 2.45) is 5.41 Å². The van der Waals surface area contributed by atoms with Gasteiger partial charge in [0.2, 0.25) is 5.95 Å². The first-order valence-corrected chi connectivity index (χ1v) is 10.4. The summed E-state index contributed by atoms with van der Waals surface area (Å²) in [5, 5.41) is 3.20. The molecule has 3 heterocycles. The van der Waals surface area contributed by atoms with Gasteiger partial charge in [0.1, 0.15) is 17.8 Å². The van der Waals surface area contributed by atoms with E-state index in [1.807, 2.05) is 6.07 Å². The second kappa shape index (κ2) is 7.89. The van der Waals surface area contributed by atoms with Crippen molar-refractivity contribution in [3.63, 3.8) is 0 Å². The van der Waals surface area contributed by atoms with Crippen LogP contribution in [0.1, 0.15) is 69.3 Å². The Morgan fingerprint density at radius 2 is 1.89 bits per heavy atom. The van der Waals surface area contributed by atoms with Crippen LogP contribution < -0.4 is 10.2 Å². The molecule has 1 amide bonds. The van der Waals surface area contributed by atoms with Crippen molar-refractivity contribution in [1.29, 1.82) is 0 Å². The van der Waals surface area contributed by atoms with Crippen LogP contribution in [-0.4, -0.2) is 44.6 Å². The minimum absolute atomic E-state index is 0.105. The summed E-state index contributed by atoms with van der Waals surface area (Å²) in [6.45, 7) is 6.55. The lowest BCUT2D eigenvalue weighted by atomic mass is 9.75. The average Bonchev–Trinajstić information content (AvgIpc) is 3.25. The number of aromatic nitrogens is 4. The summed E-state index contributed by atoms with van der Waals surface area (Å²) >= 11 is 0. The molecule has 0 radical (unpaired) electrons. The fourth-order valence-electron chi connectivity index (χ4n) is 4.12. The molecule has 2 aliphatic rings. The van der Waals surface area contributed by atoms with Gasteiger partial charge in [-0.2, -0.15) is 4.98 Å². The van der Waals surface area contributed by atoms with Crippen LogP contribution in [-0.2, 0) is 0 Å². The molecule has 0 atom stereocenters. The predicted molar refractivity (Wildman–Crippen MR) is 109 cm³/mol. The van der Waals surface area contributed by atoms with Gasteiger partial charge in [0.25, 0.3) is 5.91 Å². The lowest BCUT2D eigenvalue weighted by Gasteiger charge is -2.34. The van der Waals surface area contributed by atoms with Crippen molar-refractivity contribution in [1.82, 2.24) is 24.8 Å². The Bertz CT molecular complexity index is 800.